The molecule has 0 aliphatic rings. The van der Waals surface area contributed by atoms with Crippen LogP contribution in [0.1, 0.15) is 154 Å². The number of amides is 12. The molecule has 0 unspecified atom stereocenters. The van der Waals surface area contributed by atoms with Gasteiger partial charge in [0.15, 0.2) is 0 Å². The Hall–Kier alpha value is -10.4. The topological polar surface area (TPSA) is 375 Å². The van der Waals surface area contributed by atoms with Gasteiger partial charge in [0.2, 0.25) is 70.9 Å². The minimum Gasteiger partial charge on any atom is -0.351 e. The van der Waals surface area contributed by atoms with Crippen LogP contribution in [0, 0.1) is 111 Å². The molecule has 494 valence electrons. The van der Waals surface area contributed by atoms with Crippen LogP contribution >= 0.6 is 0 Å². The standard InChI is InChI=1S/C67H89N13O12/c1-10-43-69-52(81)22-34-65(35-23-53(82)70-44-11-2,36-24-54(83)71-45-12-3)78-61(90)19-31-64(68,32-20-62(91)79-66(37-25-55(84)72-46-13-4,38-26-56(85)73-47-14-5)39-27-57(86)74-48-15-6)33-21-63(92)80-67(40-28-58(87)75-49-16-7,41-29-59(88)76-50-17-8)42-30-60(89)77-51-18-9/h1-9H,19-51,68H2,(H,69,81)(H,70,82)(H,71,83)(H,72,84)(H,73,85)(H,74,86)(H,75,87)(H,76,88)(H,77,89)(H,78,90)(H,79,91)(H,80,92). The molecule has 14 N–H and O–H groups in total. The van der Waals surface area contributed by atoms with Crippen LogP contribution < -0.4 is 69.5 Å². The number of rotatable bonds is 48. The molecule has 0 aromatic carbocycles. The summed E-state index contributed by atoms with van der Waals surface area (Å²) in [5, 5.41) is 31.9. The summed E-state index contributed by atoms with van der Waals surface area (Å²) in [5.74, 6) is 14.2. The zero-order valence-corrected chi connectivity index (χ0v) is 52.5. The van der Waals surface area contributed by atoms with Crippen molar-refractivity contribution in [3.8, 4) is 111 Å². The average Bonchev–Trinajstić information content (AvgIpc) is 2.49. The molecule has 0 aromatic rings. The summed E-state index contributed by atoms with van der Waals surface area (Å²) in [6.45, 7) is -1.04. The molecule has 0 radical (unpaired) electrons. The van der Waals surface area contributed by atoms with Crippen molar-refractivity contribution in [3.05, 3.63) is 0 Å². The maximum Gasteiger partial charge on any atom is 0.220 e. The van der Waals surface area contributed by atoms with Gasteiger partial charge in [-0.15, -0.1) is 57.8 Å². The van der Waals surface area contributed by atoms with Crippen LogP contribution in [-0.4, -0.2) is 152 Å². The molecule has 0 saturated carbocycles. The Balaban J connectivity index is 8.00. The molecule has 12 amide bonds. The summed E-state index contributed by atoms with van der Waals surface area (Å²) in [7, 11) is 0. The van der Waals surface area contributed by atoms with E-state index in [1.807, 2.05) is 0 Å². The van der Waals surface area contributed by atoms with E-state index in [-0.39, 0.29) is 194 Å². The smallest absolute Gasteiger partial charge is 0.220 e. The SMILES string of the molecule is C#CCNC(=O)CCC(CCC(=O)NCC#C)(CCC(=O)NCC#C)NC(=O)CCC(N)(CCC(=O)NC(CCC(=O)NCC#C)(CCC(=O)NCC#C)CCC(=O)NCC#C)CCC(=O)NC(CCC(=O)NCC#C)(CCC(=O)NCC#C)CCC(=O)NCC#C. The molecule has 0 aromatic heterocycles. The quantitative estimate of drug-likeness (QED) is 0.0305. The molecular weight excluding hydrogens is 1180 g/mol. The number of hydrogen-bond acceptors (Lipinski definition) is 13. The third kappa shape index (κ3) is 38.8. The molecule has 0 heterocycles. The molecule has 25 nitrogen and oxygen atoms in total. The minimum atomic E-state index is -1.63. The largest absolute Gasteiger partial charge is 0.351 e. The van der Waals surface area contributed by atoms with E-state index < -0.39 is 112 Å². The van der Waals surface area contributed by atoms with Crippen molar-refractivity contribution in [3.63, 3.8) is 0 Å². The van der Waals surface area contributed by atoms with E-state index in [0.29, 0.717) is 0 Å². The van der Waals surface area contributed by atoms with Gasteiger partial charge in [-0.25, -0.2) is 0 Å². The highest BCUT2D eigenvalue weighted by Crippen LogP contribution is 2.31. The second-order valence-corrected chi connectivity index (χ2v) is 21.7. The molecule has 92 heavy (non-hydrogen) atoms. The molecule has 0 aliphatic carbocycles. The summed E-state index contributed by atoms with van der Waals surface area (Å²) in [6.07, 6.45) is 43.3. The molecule has 0 spiro atoms. The third-order valence-corrected chi connectivity index (χ3v) is 14.7. The van der Waals surface area contributed by atoms with Crippen molar-refractivity contribution >= 4 is 70.9 Å². The number of carbonyl (C=O) groups excluding carboxylic acids is 12. The van der Waals surface area contributed by atoms with Crippen molar-refractivity contribution in [1.82, 2.24) is 63.8 Å². The van der Waals surface area contributed by atoms with Gasteiger partial charge in [0.1, 0.15) is 0 Å². The van der Waals surface area contributed by atoms with Crippen LogP contribution in [0.3, 0.4) is 0 Å². The molecule has 0 saturated heterocycles. The molecule has 0 atom stereocenters. The normalized spacial score (nSPS) is 10.6. The Kier molecular flexibility index (Phi) is 42.3. The molecular formula is C67H89N13O12. The van der Waals surface area contributed by atoms with Crippen molar-refractivity contribution < 1.29 is 57.5 Å². The summed E-state index contributed by atoms with van der Waals surface area (Å²) in [6, 6.07) is 0. The highest BCUT2D eigenvalue weighted by atomic mass is 16.2. The second kappa shape index (κ2) is 47.6. The van der Waals surface area contributed by atoms with Crippen molar-refractivity contribution in [1.29, 1.82) is 0 Å². The Morgan fingerprint density at radius 3 is 0.457 bits per heavy atom. The lowest BCUT2D eigenvalue weighted by Crippen LogP contribution is -2.52. The first-order chi connectivity index (χ1) is 43.9. The third-order valence-electron chi connectivity index (χ3n) is 14.7. The number of carbonyl (C=O) groups is 12. The van der Waals surface area contributed by atoms with Gasteiger partial charge >= 0.3 is 0 Å². The average molecular weight is 1270 g/mol. The maximum absolute atomic E-state index is 14.6. The fourth-order valence-corrected chi connectivity index (χ4v) is 9.54. The highest BCUT2D eigenvalue weighted by Gasteiger charge is 2.39. The van der Waals surface area contributed by atoms with Gasteiger partial charge in [-0.05, 0) is 77.0 Å². The Morgan fingerprint density at radius 2 is 0.337 bits per heavy atom. The second-order valence-electron chi connectivity index (χ2n) is 21.7. The predicted molar refractivity (Wildman–Crippen MR) is 347 cm³/mol. The van der Waals surface area contributed by atoms with E-state index in [4.69, 9.17) is 63.5 Å². The van der Waals surface area contributed by atoms with E-state index in [0.717, 1.165) is 0 Å². The fourth-order valence-electron chi connectivity index (χ4n) is 9.54. The molecule has 0 fully saturated rings. The van der Waals surface area contributed by atoms with Gasteiger partial charge in [-0.2, -0.15) is 0 Å². The van der Waals surface area contributed by atoms with E-state index >= 15 is 0 Å². The van der Waals surface area contributed by atoms with Gasteiger partial charge in [-0.3, -0.25) is 57.5 Å². The minimum absolute atomic E-state index is 0.108. The van der Waals surface area contributed by atoms with Gasteiger partial charge < -0.3 is 69.5 Å². The first kappa shape index (κ1) is 81.6. The summed E-state index contributed by atoms with van der Waals surface area (Å²) in [5.41, 5.74) is 1.35. The lowest BCUT2D eigenvalue weighted by molar-refractivity contribution is -0.128. The van der Waals surface area contributed by atoms with Gasteiger partial charge in [0.25, 0.3) is 0 Å². The molecule has 25 heteroatoms. The van der Waals surface area contributed by atoms with Crippen LogP contribution in [0.15, 0.2) is 0 Å². The lowest BCUT2D eigenvalue weighted by Gasteiger charge is -2.37. The van der Waals surface area contributed by atoms with Crippen LogP contribution in [0.4, 0.5) is 0 Å². The summed E-state index contributed by atoms with van der Waals surface area (Å²) in [4.78, 5) is 161. The van der Waals surface area contributed by atoms with Crippen LogP contribution in [0.2, 0.25) is 0 Å². The van der Waals surface area contributed by atoms with Crippen LogP contribution in [-0.2, 0) is 57.5 Å². The van der Waals surface area contributed by atoms with E-state index in [2.05, 4.69) is 117 Å². The zero-order chi connectivity index (χ0) is 69.1. The monoisotopic (exact) mass is 1270 g/mol. The summed E-state index contributed by atoms with van der Waals surface area (Å²) >= 11 is 0. The van der Waals surface area contributed by atoms with Crippen LogP contribution in [0.5, 0.6) is 0 Å². The van der Waals surface area contributed by atoms with E-state index in [1.54, 1.807) is 0 Å². The Morgan fingerprint density at radius 1 is 0.217 bits per heavy atom. The van der Waals surface area contributed by atoms with Crippen LogP contribution in [0.25, 0.3) is 0 Å². The van der Waals surface area contributed by atoms with Gasteiger partial charge in [-0.1, -0.05) is 53.3 Å². The Bertz CT molecular complexity index is 2370. The van der Waals surface area contributed by atoms with E-state index in [9.17, 15) is 57.5 Å². The fraction of sp³-hybridized carbons (Fsp3) is 0.552. The van der Waals surface area contributed by atoms with Crippen molar-refractivity contribution in [2.24, 2.45) is 5.73 Å². The number of hydrogen-bond donors (Lipinski definition) is 13. The zero-order valence-electron chi connectivity index (χ0n) is 52.5. The summed E-state index contributed by atoms with van der Waals surface area (Å²) < 4.78 is 0. The van der Waals surface area contributed by atoms with Gasteiger partial charge in [0, 0.05) is 99.2 Å². The van der Waals surface area contributed by atoms with E-state index in [1.165, 1.54) is 0 Å². The number of terminal acetylenes is 9. The van der Waals surface area contributed by atoms with Crippen molar-refractivity contribution in [2.75, 3.05) is 58.9 Å². The lowest BCUT2D eigenvalue weighted by atomic mass is 9.80. The van der Waals surface area contributed by atoms with Crippen molar-refractivity contribution in [2.45, 2.75) is 176 Å². The number of nitrogens with one attached hydrogen (secondary N) is 12. The predicted octanol–water partition coefficient (Wildman–Crippen LogP) is -1.64. The number of nitrogens with two attached hydrogens (primary N) is 1. The first-order valence-corrected chi connectivity index (χ1v) is 29.9. The Labute approximate surface area is 542 Å². The van der Waals surface area contributed by atoms with Gasteiger partial charge in [0.05, 0.1) is 58.9 Å². The molecule has 0 bridgehead atoms. The maximum atomic E-state index is 14.6. The highest BCUT2D eigenvalue weighted by molar-refractivity contribution is 5.83. The molecule has 0 rings (SSSR count). The first-order valence-electron chi connectivity index (χ1n) is 29.9. The molecule has 0 aliphatic heterocycles.